The molecule has 0 aliphatic carbocycles. The highest BCUT2D eigenvalue weighted by molar-refractivity contribution is 5.81. The van der Waals surface area contributed by atoms with Gasteiger partial charge in [0.1, 0.15) is 5.75 Å². The highest BCUT2D eigenvalue weighted by Crippen LogP contribution is 2.29. The topological polar surface area (TPSA) is 73.6 Å². The van der Waals surface area contributed by atoms with Crippen LogP contribution in [0.2, 0.25) is 0 Å². The van der Waals surface area contributed by atoms with Crippen LogP contribution in [0, 0.1) is 5.41 Å². The Hall–Kier alpha value is -1.59. The monoisotopic (exact) mass is 306 g/mol. The molecule has 1 aromatic carbocycles. The second-order valence-corrected chi connectivity index (χ2v) is 6.17. The lowest BCUT2D eigenvalue weighted by Crippen LogP contribution is -2.48. The Morgan fingerprint density at radius 1 is 1.32 bits per heavy atom. The van der Waals surface area contributed by atoms with Gasteiger partial charge in [0, 0.05) is 26.3 Å². The van der Waals surface area contributed by atoms with Crippen LogP contribution in [0.5, 0.6) is 5.75 Å². The Morgan fingerprint density at radius 2 is 1.95 bits per heavy atom. The van der Waals surface area contributed by atoms with E-state index in [1.54, 1.807) is 0 Å². The molecule has 0 atom stereocenters. The Balaban J connectivity index is 1.85. The average Bonchev–Trinajstić information content (AvgIpc) is 2.49. The van der Waals surface area contributed by atoms with Crippen LogP contribution in [-0.2, 0) is 16.1 Å². The van der Waals surface area contributed by atoms with Crippen molar-refractivity contribution in [2.75, 3.05) is 19.8 Å². The molecule has 0 unspecified atom stereocenters. The van der Waals surface area contributed by atoms with E-state index in [-0.39, 0.29) is 12.0 Å². The first-order valence-corrected chi connectivity index (χ1v) is 7.86. The summed E-state index contributed by atoms with van der Waals surface area (Å²) < 4.78 is 11.0. The minimum Gasteiger partial charge on any atom is -0.491 e. The van der Waals surface area contributed by atoms with Crippen LogP contribution in [0.15, 0.2) is 24.3 Å². The summed E-state index contributed by atoms with van der Waals surface area (Å²) in [6.45, 7) is 6.52. The van der Waals surface area contributed by atoms with E-state index < -0.39 is 5.41 Å². The van der Waals surface area contributed by atoms with E-state index in [2.05, 4.69) is 5.32 Å². The molecular formula is C17H26N2O3. The molecule has 0 spiro atoms. The first-order chi connectivity index (χ1) is 10.5. The van der Waals surface area contributed by atoms with Crippen molar-refractivity contribution in [2.45, 2.75) is 39.3 Å². The molecule has 0 bridgehead atoms. The predicted molar refractivity (Wildman–Crippen MR) is 85.6 cm³/mol. The summed E-state index contributed by atoms with van der Waals surface area (Å²) in [5.41, 5.74) is 6.28. The van der Waals surface area contributed by atoms with Gasteiger partial charge in [-0.25, -0.2) is 0 Å². The van der Waals surface area contributed by atoms with Gasteiger partial charge < -0.3 is 20.5 Å². The number of rotatable bonds is 7. The second-order valence-electron chi connectivity index (χ2n) is 6.17. The van der Waals surface area contributed by atoms with E-state index in [4.69, 9.17) is 15.2 Å². The van der Waals surface area contributed by atoms with Crippen LogP contribution in [-0.4, -0.2) is 31.8 Å². The number of carbonyl (C=O) groups excluding carboxylic acids is 1. The normalized spacial score (nSPS) is 17.4. The van der Waals surface area contributed by atoms with Crippen LogP contribution in [0.25, 0.3) is 0 Å². The lowest BCUT2D eigenvalue weighted by atomic mass is 9.79. The van der Waals surface area contributed by atoms with Gasteiger partial charge in [-0.3, -0.25) is 4.79 Å². The fourth-order valence-corrected chi connectivity index (χ4v) is 2.68. The summed E-state index contributed by atoms with van der Waals surface area (Å²) in [7, 11) is 0. The molecule has 1 aliphatic rings. The molecule has 2 rings (SSSR count). The first-order valence-electron chi connectivity index (χ1n) is 7.86. The highest BCUT2D eigenvalue weighted by Gasteiger charge is 2.37. The number of nitrogens with two attached hydrogens (primary N) is 1. The summed E-state index contributed by atoms with van der Waals surface area (Å²) in [6, 6.07) is 8.00. The molecule has 5 nitrogen and oxygen atoms in total. The predicted octanol–water partition coefficient (Wildman–Crippen LogP) is 1.85. The summed E-state index contributed by atoms with van der Waals surface area (Å²) >= 11 is 0. The van der Waals surface area contributed by atoms with Gasteiger partial charge in [-0.1, -0.05) is 12.1 Å². The van der Waals surface area contributed by atoms with Gasteiger partial charge in [-0.2, -0.15) is 0 Å². The molecule has 1 saturated heterocycles. The summed E-state index contributed by atoms with van der Waals surface area (Å²) in [5, 5.41) is 3.36. The maximum atomic E-state index is 11.8. The summed E-state index contributed by atoms with van der Waals surface area (Å²) in [6.07, 6.45) is 1.56. The molecule has 1 aromatic rings. The van der Waals surface area contributed by atoms with Crippen molar-refractivity contribution < 1.29 is 14.3 Å². The van der Waals surface area contributed by atoms with Gasteiger partial charge in [-0.15, -0.1) is 0 Å². The highest BCUT2D eigenvalue weighted by atomic mass is 16.5. The van der Waals surface area contributed by atoms with Crippen molar-refractivity contribution in [3.05, 3.63) is 29.8 Å². The van der Waals surface area contributed by atoms with Crippen molar-refractivity contribution in [3.63, 3.8) is 0 Å². The smallest absolute Gasteiger partial charge is 0.225 e. The lowest BCUT2D eigenvalue weighted by molar-refractivity contribution is -0.132. The third-order valence-corrected chi connectivity index (χ3v) is 4.06. The second kappa shape index (κ2) is 7.61. The molecule has 3 N–H and O–H groups in total. The third-order valence-electron chi connectivity index (χ3n) is 4.06. The average molecular weight is 306 g/mol. The fourth-order valence-electron chi connectivity index (χ4n) is 2.68. The van der Waals surface area contributed by atoms with Gasteiger partial charge in [0.25, 0.3) is 0 Å². The molecule has 5 heteroatoms. The molecule has 1 fully saturated rings. The van der Waals surface area contributed by atoms with E-state index in [1.165, 1.54) is 0 Å². The molecule has 122 valence electrons. The zero-order valence-electron chi connectivity index (χ0n) is 13.4. The fraction of sp³-hybridized carbons (Fsp3) is 0.588. The van der Waals surface area contributed by atoms with Crippen molar-refractivity contribution in [3.8, 4) is 5.75 Å². The quantitative estimate of drug-likeness (QED) is 0.806. The molecule has 22 heavy (non-hydrogen) atoms. The number of ether oxygens (including phenoxy) is 2. The SMILES string of the molecule is CC(C)Oc1ccc(CNCC2(C(N)=O)CCOCC2)cc1. The van der Waals surface area contributed by atoms with E-state index in [0.29, 0.717) is 39.1 Å². The molecular weight excluding hydrogens is 280 g/mol. The molecule has 1 aliphatic heterocycles. The number of hydrogen-bond acceptors (Lipinski definition) is 4. The molecule has 1 amide bonds. The standard InChI is InChI=1S/C17H26N2O3/c1-13(2)22-15-5-3-14(4-6-15)11-19-12-17(16(18)20)7-9-21-10-8-17/h3-6,13,19H,7-12H2,1-2H3,(H2,18,20). The minimum absolute atomic E-state index is 0.174. The van der Waals surface area contributed by atoms with Gasteiger partial charge >= 0.3 is 0 Å². The Bertz CT molecular complexity index is 479. The number of primary amides is 1. The molecule has 0 saturated carbocycles. The third kappa shape index (κ3) is 4.45. The maximum Gasteiger partial charge on any atom is 0.225 e. The minimum atomic E-state index is -0.473. The van der Waals surface area contributed by atoms with Crippen LogP contribution >= 0.6 is 0 Å². The molecule has 0 aromatic heterocycles. The largest absolute Gasteiger partial charge is 0.491 e. The zero-order chi connectivity index (χ0) is 16.0. The summed E-state index contributed by atoms with van der Waals surface area (Å²) in [4.78, 5) is 11.8. The Labute approximate surface area is 132 Å². The van der Waals surface area contributed by atoms with Crippen molar-refractivity contribution >= 4 is 5.91 Å². The van der Waals surface area contributed by atoms with Gasteiger partial charge in [0.15, 0.2) is 0 Å². The van der Waals surface area contributed by atoms with Crippen molar-refractivity contribution in [2.24, 2.45) is 11.1 Å². The lowest BCUT2D eigenvalue weighted by Gasteiger charge is -2.34. The van der Waals surface area contributed by atoms with E-state index in [1.807, 2.05) is 38.1 Å². The number of hydrogen-bond donors (Lipinski definition) is 2. The van der Waals surface area contributed by atoms with E-state index >= 15 is 0 Å². The zero-order valence-corrected chi connectivity index (χ0v) is 13.4. The van der Waals surface area contributed by atoms with E-state index in [0.717, 1.165) is 11.3 Å². The van der Waals surface area contributed by atoms with Crippen molar-refractivity contribution in [1.29, 1.82) is 0 Å². The van der Waals surface area contributed by atoms with Crippen LogP contribution in [0.1, 0.15) is 32.3 Å². The van der Waals surface area contributed by atoms with Crippen LogP contribution in [0.4, 0.5) is 0 Å². The Morgan fingerprint density at radius 3 is 2.50 bits per heavy atom. The maximum absolute atomic E-state index is 11.8. The van der Waals surface area contributed by atoms with Crippen molar-refractivity contribution in [1.82, 2.24) is 5.32 Å². The van der Waals surface area contributed by atoms with Gasteiger partial charge in [0.05, 0.1) is 11.5 Å². The summed E-state index contributed by atoms with van der Waals surface area (Å²) in [5.74, 6) is 0.640. The number of benzene rings is 1. The Kier molecular flexibility index (Phi) is 5.80. The number of amides is 1. The van der Waals surface area contributed by atoms with Gasteiger partial charge in [-0.05, 0) is 44.4 Å². The molecule has 0 radical (unpaired) electrons. The van der Waals surface area contributed by atoms with E-state index in [9.17, 15) is 4.79 Å². The van der Waals surface area contributed by atoms with Gasteiger partial charge in [0.2, 0.25) is 5.91 Å². The van der Waals surface area contributed by atoms with Crippen LogP contribution < -0.4 is 15.8 Å². The first kappa shape index (κ1) is 16.8. The molecule has 1 heterocycles. The number of carbonyl (C=O) groups is 1. The van der Waals surface area contributed by atoms with Crippen LogP contribution in [0.3, 0.4) is 0 Å². The number of nitrogens with one attached hydrogen (secondary N) is 1.